The Morgan fingerprint density at radius 2 is 1.70 bits per heavy atom. The predicted octanol–water partition coefficient (Wildman–Crippen LogP) is 2.35. The topological polar surface area (TPSA) is 69.7 Å². The maximum Gasteiger partial charge on any atom is 0.253 e. The molecule has 1 amide bonds. The zero-order valence-corrected chi connectivity index (χ0v) is 13.7. The Morgan fingerprint density at radius 1 is 1.04 bits per heavy atom. The minimum Gasteiger partial charge on any atom is -0.496 e. The van der Waals surface area contributed by atoms with Crippen LogP contribution in [0.15, 0.2) is 30.5 Å². The Balaban J connectivity index is 2.16. The van der Waals surface area contributed by atoms with Crippen LogP contribution in [0.5, 0.6) is 17.2 Å². The molecule has 0 aliphatic heterocycles. The standard InChI is InChI=1S/C17H20N2O4/c1-11-5-6-12(9-18-11)17(20)19-10-13-7-15(22-3)16(23-4)8-14(13)21-2/h5-9H,10H2,1-4H3,(H,19,20). The van der Waals surface area contributed by atoms with Crippen molar-refractivity contribution in [3.05, 3.63) is 47.3 Å². The Hall–Kier alpha value is -2.76. The van der Waals surface area contributed by atoms with Crippen LogP contribution in [-0.2, 0) is 6.54 Å². The highest BCUT2D eigenvalue weighted by molar-refractivity contribution is 5.93. The number of hydrogen-bond acceptors (Lipinski definition) is 5. The molecule has 1 aromatic heterocycles. The van der Waals surface area contributed by atoms with E-state index in [0.717, 1.165) is 11.3 Å². The van der Waals surface area contributed by atoms with Crippen molar-refractivity contribution >= 4 is 5.91 Å². The van der Waals surface area contributed by atoms with Gasteiger partial charge in [-0.25, -0.2) is 0 Å². The Bertz CT molecular complexity index is 684. The highest BCUT2D eigenvalue weighted by atomic mass is 16.5. The van der Waals surface area contributed by atoms with Crippen LogP contribution >= 0.6 is 0 Å². The van der Waals surface area contributed by atoms with E-state index >= 15 is 0 Å². The second kappa shape index (κ2) is 7.49. The Kier molecular flexibility index (Phi) is 5.41. The molecule has 0 spiro atoms. The summed E-state index contributed by atoms with van der Waals surface area (Å²) in [5, 5.41) is 2.84. The lowest BCUT2D eigenvalue weighted by molar-refractivity contribution is 0.0950. The van der Waals surface area contributed by atoms with Crippen LogP contribution in [-0.4, -0.2) is 32.2 Å². The van der Waals surface area contributed by atoms with Gasteiger partial charge in [-0.2, -0.15) is 0 Å². The van der Waals surface area contributed by atoms with Gasteiger partial charge in [-0.3, -0.25) is 9.78 Å². The highest BCUT2D eigenvalue weighted by Gasteiger charge is 2.13. The van der Waals surface area contributed by atoms with E-state index in [2.05, 4.69) is 10.3 Å². The van der Waals surface area contributed by atoms with Crippen molar-refractivity contribution in [1.29, 1.82) is 0 Å². The van der Waals surface area contributed by atoms with Gasteiger partial charge in [0.05, 0.1) is 26.9 Å². The number of nitrogens with one attached hydrogen (secondary N) is 1. The van der Waals surface area contributed by atoms with E-state index in [4.69, 9.17) is 14.2 Å². The summed E-state index contributed by atoms with van der Waals surface area (Å²) in [7, 11) is 4.68. The third-order valence-corrected chi connectivity index (χ3v) is 3.40. The fourth-order valence-corrected chi connectivity index (χ4v) is 2.11. The van der Waals surface area contributed by atoms with Crippen LogP contribution in [0, 0.1) is 6.92 Å². The third-order valence-electron chi connectivity index (χ3n) is 3.40. The van der Waals surface area contributed by atoms with Crippen LogP contribution in [0.2, 0.25) is 0 Å². The zero-order chi connectivity index (χ0) is 16.8. The van der Waals surface area contributed by atoms with E-state index < -0.39 is 0 Å². The van der Waals surface area contributed by atoms with Crippen LogP contribution < -0.4 is 19.5 Å². The van der Waals surface area contributed by atoms with Crippen LogP contribution in [0.3, 0.4) is 0 Å². The van der Waals surface area contributed by atoms with Gasteiger partial charge in [0.1, 0.15) is 5.75 Å². The Morgan fingerprint density at radius 3 is 2.26 bits per heavy atom. The monoisotopic (exact) mass is 316 g/mol. The van der Waals surface area contributed by atoms with Gasteiger partial charge in [0, 0.05) is 30.1 Å². The average molecular weight is 316 g/mol. The lowest BCUT2D eigenvalue weighted by Gasteiger charge is -2.14. The van der Waals surface area contributed by atoms with Crippen molar-refractivity contribution in [2.24, 2.45) is 0 Å². The van der Waals surface area contributed by atoms with Crippen molar-refractivity contribution in [1.82, 2.24) is 10.3 Å². The maximum absolute atomic E-state index is 12.2. The summed E-state index contributed by atoms with van der Waals surface area (Å²) in [5.41, 5.74) is 2.16. The molecule has 0 fully saturated rings. The number of aromatic nitrogens is 1. The fourth-order valence-electron chi connectivity index (χ4n) is 2.11. The molecule has 0 unspecified atom stereocenters. The summed E-state index contributed by atoms with van der Waals surface area (Å²) >= 11 is 0. The molecule has 23 heavy (non-hydrogen) atoms. The third kappa shape index (κ3) is 3.91. The van der Waals surface area contributed by atoms with E-state index in [1.54, 1.807) is 51.8 Å². The number of pyridine rings is 1. The van der Waals surface area contributed by atoms with Gasteiger partial charge in [-0.1, -0.05) is 0 Å². The summed E-state index contributed by atoms with van der Waals surface area (Å²) in [6, 6.07) is 7.05. The van der Waals surface area contributed by atoms with Gasteiger partial charge >= 0.3 is 0 Å². The van der Waals surface area contributed by atoms with Gasteiger partial charge in [-0.05, 0) is 25.1 Å². The summed E-state index contributed by atoms with van der Waals surface area (Å²) in [6.45, 7) is 2.17. The van der Waals surface area contributed by atoms with Crippen LogP contribution in [0.4, 0.5) is 0 Å². The molecule has 0 aliphatic rings. The number of carbonyl (C=O) groups is 1. The van der Waals surface area contributed by atoms with Crippen molar-refractivity contribution in [3.8, 4) is 17.2 Å². The molecule has 0 bridgehead atoms. The number of carbonyl (C=O) groups excluding carboxylic acids is 1. The van der Waals surface area contributed by atoms with Crippen LogP contribution in [0.1, 0.15) is 21.6 Å². The second-order valence-corrected chi connectivity index (χ2v) is 4.89. The largest absolute Gasteiger partial charge is 0.496 e. The molecular weight excluding hydrogens is 296 g/mol. The Labute approximate surface area is 135 Å². The molecule has 0 radical (unpaired) electrons. The molecule has 6 heteroatoms. The molecule has 122 valence electrons. The van der Waals surface area contributed by atoms with Gasteiger partial charge in [-0.15, -0.1) is 0 Å². The van der Waals surface area contributed by atoms with Crippen molar-refractivity contribution in [3.63, 3.8) is 0 Å². The molecule has 1 N–H and O–H groups in total. The van der Waals surface area contributed by atoms with E-state index in [9.17, 15) is 4.79 Å². The average Bonchev–Trinajstić information content (AvgIpc) is 2.59. The van der Waals surface area contributed by atoms with E-state index in [1.165, 1.54) is 0 Å². The predicted molar refractivity (Wildman–Crippen MR) is 86.2 cm³/mol. The smallest absolute Gasteiger partial charge is 0.253 e. The highest BCUT2D eigenvalue weighted by Crippen LogP contribution is 2.34. The van der Waals surface area contributed by atoms with Gasteiger partial charge in [0.2, 0.25) is 0 Å². The van der Waals surface area contributed by atoms with E-state index in [0.29, 0.717) is 29.4 Å². The van der Waals surface area contributed by atoms with Crippen molar-refractivity contribution in [2.45, 2.75) is 13.5 Å². The second-order valence-electron chi connectivity index (χ2n) is 4.89. The summed E-state index contributed by atoms with van der Waals surface area (Å²) < 4.78 is 15.9. The molecule has 2 rings (SSSR count). The first-order valence-corrected chi connectivity index (χ1v) is 7.08. The molecule has 0 aliphatic carbocycles. The minimum absolute atomic E-state index is 0.200. The summed E-state index contributed by atoms with van der Waals surface area (Å²) in [6.07, 6.45) is 1.55. The normalized spacial score (nSPS) is 10.1. The molecule has 0 atom stereocenters. The molecule has 0 saturated carbocycles. The first-order valence-electron chi connectivity index (χ1n) is 7.08. The summed E-state index contributed by atoms with van der Waals surface area (Å²) in [5.74, 6) is 1.57. The maximum atomic E-state index is 12.2. The summed E-state index contributed by atoms with van der Waals surface area (Å²) in [4.78, 5) is 16.3. The zero-order valence-electron chi connectivity index (χ0n) is 13.7. The number of aryl methyl sites for hydroxylation is 1. The quantitative estimate of drug-likeness (QED) is 0.886. The number of ether oxygens (including phenoxy) is 3. The number of rotatable bonds is 6. The number of nitrogens with zero attached hydrogens (tertiary/aromatic N) is 1. The number of methoxy groups -OCH3 is 3. The van der Waals surface area contributed by atoms with Crippen molar-refractivity contribution in [2.75, 3.05) is 21.3 Å². The SMILES string of the molecule is COc1cc(OC)c(OC)cc1CNC(=O)c1ccc(C)nc1. The first kappa shape index (κ1) is 16.6. The van der Waals surface area contributed by atoms with Crippen LogP contribution in [0.25, 0.3) is 0 Å². The first-order chi connectivity index (χ1) is 11.1. The molecular formula is C17H20N2O4. The van der Waals surface area contributed by atoms with E-state index in [1.807, 2.05) is 6.92 Å². The number of hydrogen-bond donors (Lipinski definition) is 1. The molecule has 1 aromatic carbocycles. The lowest BCUT2D eigenvalue weighted by Crippen LogP contribution is -2.23. The molecule has 2 aromatic rings. The van der Waals surface area contributed by atoms with E-state index in [-0.39, 0.29) is 5.91 Å². The lowest BCUT2D eigenvalue weighted by atomic mass is 10.1. The molecule has 0 saturated heterocycles. The van der Waals surface area contributed by atoms with Gasteiger partial charge in [0.25, 0.3) is 5.91 Å². The molecule has 1 heterocycles. The van der Waals surface area contributed by atoms with Gasteiger partial charge in [0.15, 0.2) is 11.5 Å². The fraction of sp³-hybridized carbons (Fsp3) is 0.294. The van der Waals surface area contributed by atoms with Gasteiger partial charge < -0.3 is 19.5 Å². The minimum atomic E-state index is -0.200. The van der Waals surface area contributed by atoms with Crippen molar-refractivity contribution < 1.29 is 19.0 Å². The number of benzene rings is 1. The number of amides is 1. The molecule has 6 nitrogen and oxygen atoms in total.